The van der Waals surface area contributed by atoms with Crippen LogP contribution in [0, 0.1) is 0 Å². The Balaban J connectivity index is 2.54. The van der Waals surface area contributed by atoms with E-state index < -0.39 is 19.3 Å². The molecule has 0 saturated heterocycles. The van der Waals surface area contributed by atoms with Crippen LogP contribution in [0.4, 0.5) is 24.9 Å². The molecule has 0 aliphatic carbocycles. The molecule has 0 unspecified atom stereocenters. The van der Waals surface area contributed by atoms with Gasteiger partial charge in [-0.2, -0.15) is 18.2 Å². The fourth-order valence-corrected chi connectivity index (χ4v) is 2.01. The molecule has 0 saturated carbocycles. The Morgan fingerprint density at radius 1 is 1.24 bits per heavy atom. The summed E-state index contributed by atoms with van der Waals surface area (Å²) in [7, 11) is 1.59. The van der Waals surface area contributed by atoms with E-state index in [-0.39, 0.29) is 18.3 Å². The topological polar surface area (TPSA) is 61.3 Å². The zero-order valence-corrected chi connectivity index (χ0v) is 11.4. The number of hydrogen-bond acceptors (Lipinski definition) is 5. The molecule has 0 spiro atoms. The summed E-state index contributed by atoms with van der Waals surface area (Å²) in [5, 5.41) is 12.3. The van der Waals surface area contributed by atoms with Gasteiger partial charge in [0.25, 0.3) is 0 Å². The van der Waals surface area contributed by atoms with Gasteiger partial charge in [-0.05, 0) is 12.1 Å². The Hall–Kier alpha value is -2.09. The third kappa shape index (κ3) is 3.72. The Labute approximate surface area is 119 Å². The minimum atomic E-state index is -4.39. The lowest BCUT2D eigenvalue weighted by molar-refractivity contribution is -0.119. The summed E-state index contributed by atoms with van der Waals surface area (Å²) in [6.45, 7) is -1.75. The second-order valence-electron chi connectivity index (χ2n) is 4.40. The molecule has 114 valence electrons. The lowest BCUT2D eigenvalue weighted by atomic mass is 10.2. The van der Waals surface area contributed by atoms with Crippen LogP contribution in [-0.4, -0.2) is 48.0 Å². The first-order valence-corrected chi connectivity index (χ1v) is 6.31. The van der Waals surface area contributed by atoms with Crippen molar-refractivity contribution >= 4 is 22.7 Å². The third-order valence-electron chi connectivity index (χ3n) is 2.85. The fourth-order valence-electron chi connectivity index (χ4n) is 2.01. The van der Waals surface area contributed by atoms with Crippen molar-refractivity contribution in [3.05, 3.63) is 24.3 Å². The van der Waals surface area contributed by atoms with Gasteiger partial charge in [0.2, 0.25) is 5.95 Å². The van der Waals surface area contributed by atoms with Gasteiger partial charge < -0.3 is 15.3 Å². The SMILES string of the molecule is CNc1nc(N(CCO)CC(F)(F)F)c2ccccc2n1. The highest BCUT2D eigenvalue weighted by Crippen LogP contribution is 2.27. The third-order valence-corrected chi connectivity index (χ3v) is 2.85. The van der Waals surface area contributed by atoms with Crippen LogP contribution in [0.25, 0.3) is 10.9 Å². The number of hydrogen-bond donors (Lipinski definition) is 2. The average molecular weight is 300 g/mol. The molecule has 1 heterocycles. The van der Waals surface area contributed by atoms with Crippen LogP contribution in [0.5, 0.6) is 0 Å². The van der Waals surface area contributed by atoms with E-state index in [2.05, 4.69) is 15.3 Å². The molecule has 0 aliphatic rings. The van der Waals surface area contributed by atoms with Crippen molar-refractivity contribution in [3.63, 3.8) is 0 Å². The quantitative estimate of drug-likeness (QED) is 0.885. The maximum Gasteiger partial charge on any atom is 0.405 e. The van der Waals surface area contributed by atoms with Crippen molar-refractivity contribution in [3.8, 4) is 0 Å². The van der Waals surface area contributed by atoms with Crippen LogP contribution in [0.1, 0.15) is 0 Å². The Bertz CT molecular complexity index is 618. The summed E-state index contributed by atoms with van der Waals surface area (Å²) >= 11 is 0. The largest absolute Gasteiger partial charge is 0.405 e. The van der Waals surface area contributed by atoms with Crippen molar-refractivity contribution in [2.75, 3.05) is 37.0 Å². The number of aromatic nitrogens is 2. The van der Waals surface area contributed by atoms with E-state index in [0.29, 0.717) is 10.9 Å². The van der Waals surface area contributed by atoms with Crippen LogP contribution < -0.4 is 10.2 Å². The monoisotopic (exact) mass is 300 g/mol. The number of nitrogens with zero attached hydrogens (tertiary/aromatic N) is 3. The zero-order valence-electron chi connectivity index (χ0n) is 11.4. The van der Waals surface area contributed by atoms with Crippen LogP contribution in [0.2, 0.25) is 0 Å². The van der Waals surface area contributed by atoms with Gasteiger partial charge in [0.05, 0.1) is 12.1 Å². The summed E-state index contributed by atoms with van der Waals surface area (Å²) in [6, 6.07) is 6.81. The van der Waals surface area contributed by atoms with Gasteiger partial charge in [-0.25, -0.2) is 4.98 Å². The van der Waals surface area contributed by atoms with E-state index in [1.54, 1.807) is 31.3 Å². The Morgan fingerprint density at radius 3 is 2.57 bits per heavy atom. The molecule has 1 aromatic carbocycles. The Kier molecular flexibility index (Phi) is 4.46. The first-order chi connectivity index (χ1) is 9.94. The number of halogens is 3. The van der Waals surface area contributed by atoms with Gasteiger partial charge in [-0.1, -0.05) is 12.1 Å². The van der Waals surface area contributed by atoms with Gasteiger partial charge in [0.15, 0.2) is 0 Å². The van der Waals surface area contributed by atoms with E-state index in [0.717, 1.165) is 4.90 Å². The first kappa shape index (κ1) is 15.3. The zero-order chi connectivity index (χ0) is 15.5. The molecule has 0 bridgehead atoms. The highest BCUT2D eigenvalue weighted by molar-refractivity contribution is 5.90. The molecule has 0 radical (unpaired) electrons. The van der Waals surface area contributed by atoms with Gasteiger partial charge >= 0.3 is 6.18 Å². The van der Waals surface area contributed by atoms with Gasteiger partial charge in [0, 0.05) is 19.0 Å². The average Bonchev–Trinajstić information content (AvgIpc) is 2.44. The van der Waals surface area contributed by atoms with E-state index >= 15 is 0 Å². The molecule has 0 amide bonds. The van der Waals surface area contributed by atoms with Crippen LogP contribution in [0.15, 0.2) is 24.3 Å². The van der Waals surface area contributed by atoms with Crippen LogP contribution >= 0.6 is 0 Å². The normalized spacial score (nSPS) is 11.7. The molecule has 0 atom stereocenters. The first-order valence-electron chi connectivity index (χ1n) is 6.31. The molecule has 5 nitrogen and oxygen atoms in total. The fraction of sp³-hybridized carbons (Fsp3) is 0.385. The number of aliphatic hydroxyl groups excluding tert-OH is 1. The molecule has 8 heteroatoms. The summed E-state index contributed by atoms with van der Waals surface area (Å²) < 4.78 is 38.1. The standard InChI is InChI=1S/C13H15F3N4O/c1-17-12-18-10-5-3-2-4-9(10)11(19-12)20(6-7-21)8-13(14,15)16/h2-5,21H,6-8H2,1H3,(H,17,18,19). The molecular formula is C13H15F3N4O. The van der Waals surface area contributed by atoms with E-state index in [1.165, 1.54) is 0 Å². The second kappa shape index (κ2) is 6.13. The summed E-state index contributed by atoms with van der Waals surface area (Å²) in [5.41, 5.74) is 0.539. The van der Waals surface area contributed by atoms with Gasteiger partial charge in [0.1, 0.15) is 12.4 Å². The van der Waals surface area contributed by atoms with Crippen molar-refractivity contribution in [1.29, 1.82) is 0 Å². The number of anilines is 2. The second-order valence-corrected chi connectivity index (χ2v) is 4.40. The summed E-state index contributed by atoms with van der Waals surface area (Å²) in [6.07, 6.45) is -4.39. The van der Waals surface area contributed by atoms with Gasteiger partial charge in [-0.15, -0.1) is 0 Å². The molecule has 0 fully saturated rings. The predicted molar refractivity (Wildman–Crippen MR) is 74.4 cm³/mol. The van der Waals surface area contributed by atoms with E-state index in [4.69, 9.17) is 5.11 Å². The van der Waals surface area contributed by atoms with Crippen LogP contribution in [-0.2, 0) is 0 Å². The molecule has 2 N–H and O–H groups in total. The number of fused-ring (bicyclic) bond motifs is 1. The summed E-state index contributed by atoms with van der Waals surface area (Å²) in [5.74, 6) is 0.380. The van der Waals surface area contributed by atoms with E-state index in [1.807, 2.05) is 0 Å². The number of aliphatic hydroxyl groups is 1. The number of rotatable bonds is 5. The highest BCUT2D eigenvalue weighted by atomic mass is 19.4. The number of nitrogens with one attached hydrogen (secondary N) is 1. The number of alkyl halides is 3. The van der Waals surface area contributed by atoms with Crippen molar-refractivity contribution < 1.29 is 18.3 Å². The van der Waals surface area contributed by atoms with Gasteiger partial charge in [-0.3, -0.25) is 0 Å². The maximum atomic E-state index is 12.7. The van der Waals surface area contributed by atoms with Crippen LogP contribution in [0.3, 0.4) is 0 Å². The molecule has 1 aromatic heterocycles. The Morgan fingerprint density at radius 2 is 1.95 bits per heavy atom. The number of para-hydroxylation sites is 1. The lowest BCUT2D eigenvalue weighted by Crippen LogP contribution is -2.37. The predicted octanol–water partition coefficient (Wildman–Crippen LogP) is 2.03. The molecule has 2 rings (SSSR count). The number of benzene rings is 1. The smallest absolute Gasteiger partial charge is 0.395 e. The molecular weight excluding hydrogens is 285 g/mol. The molecule has 0 aliphatic heterocycles. The summed E-state index contributed by atoms with van der Waals surface area (Å²) in [4.78, 5) is 9.32. The molecule has 21 heavy (non-hydrogen) atoms. The van der Waals surface area contributed by atoms with Crippen molar-refractivity contribution in [2.45, 2.75) is 6.18 Å². The van der Waals surface area contributed by atoms with Crippen molar-refractivity contribution in [2.24, 2.45) is 0 Å². The van der Waals surface area contributed by atoms with Crippen molar-refractivity contribution in [1.82, 2.24) is 9.97 Å². The minimum Gasteiger partial charge on any atom is -0.395 e. The highest BCUT2D eigenvalue weighted by Gasteiger charge is 2.32. The molecule has 2 aromatic rings. The minimum absolute atomic E-state index is 0.149. The maximum absolute atomic E-state index is 12.7. The van der Waals surface area contributed by atoms with E-state index in [9.17, 15) is 13.2 Å². The lowest BCUT2D eigenvalue weighted by Gasteiger charge is -2.25.